The van der Waals surface area contributed by atoms with E-state index in [9.17, 15) is 5.26 Å². The number of rotatable bonds is 7. The monoisotopic (exact) mass is 722 g/mol. The van der Waals surface area contributed by atoms with E-state index >= 15 is 0 Å². The van der Waals surface area contributed by atoms with Crippen LogP contribution in [0.5, 0.6) is 0 Å². The first-order valence-corrected chi connectivity index (χ1v) is 20.5. The van der Waals surface area contributed by atoms with Crippen LogP contribution in [0, 0.1) is 35.0 Å². The summed E-state index contributed by atoms with van der Waals surface area (Å²) in [7, 11) is 0. The van der Waals surface area contributed by atoms with Crippen LogP contribution in [0.2, 0.25) is 0 Å². The molecule has 0 unspecified atom stereocenters. The van der Waals surface area contributed by atoms with Gasteiger partial charge in [-0.1, -0.05) is 146 Å². The molecule has 2 nitrogen and oxygen atoms in total. The van der Waals surface area contributed by atoms with Crippen LogP contribution >= 0.6 is 0 Å². The summed E-state index contributed by atoms with van der Waals surface area (Å²) in [6.07, 6.45) is 9.96. The smallest absolute Gasteiger partial charge is 0.0991 e. The van der Waals surface area contributed by atoms with Crippen LogP contribution in [0.4, 0.5) is 0 Å². The minimum absolute atomic E-state index is 0.0361. The largest absolute Gasteiger partial charge is 0.252 e. The van der Waals surface area contributed by atoms with Gasteiger partial charge in [0.25, 0.3) is 0 Å². The minimum Gasteiger partial charge on any atom is -0.252 e. The lowest BCUT2D eigenvalue weighted by atomic mass is 9.42. The van der Waals surface area contributed by atoms with Crippen LogP contribution in [0.15, 0.2) is 174 Å². The Morgan fingerprint density at radius 3 is 1.59 bits per heavy atom. The van der Waals surface area contributed by atoms with Crippen molar-refractivity contribution in [1.82, 2.24) is 0 Å². The fourth-order valence-corrected chi connectivity index (χ4v) is 11.3. The van der Waals surface area contributed by atoms with Crippen LogP contribution in [0.3, 0.4) is 0 Å². The number of allylic oxidation sites excluding steroid dienone is 3. The van der Waals surface area contributed by atoms with Gasteiger partial charge in [0.1, 0.15) is 0 Å². The summed E-state index contributed by atoms with van der Waals surface area (Å²) < 4.78 is 0. The van der Waals surface area contributed by atoms with Crippen molar-refractivity contribution in [2.45, 2.75) is 50.9 Å². The number of nitrogens with zero attached hydrogens (tertiary/aromatic N) is 2. The van der Waals surface area contributed by atoms with Crippen molar-refractivity contribution in [2.75, 3.05) is 0 Å². The molecule has 0 amide bonds. The molecule has 272 valence electrons. The maximum atomic E-state index is 9.31. The summed E-state index contributed by atoms with van der Waals surface area (Å²) in [5.74, 6) is 3.12. The predicted molar refractivity (Wildman–Crippen MR) is 231 cm³/mol. The minimum atomic E-state index is 0.0361. The van der Waals surface area contributed by atoms with Gasteiger partial charge < -0.3 is 0 Å². The highest BCUT2D eigenvalue weighted by Gasteiger charge is 2.58. The zero-order chi connectivity index (χ0) is 37.6. The van der Waals surface area contributed by atoms with Crippen molar-refractivity contribution in [3.8, 4) is 28.3 Å². The Hall–Kier alpha value is -6.04. The van der Waals surface area contributed by atoms with Gasteiger partial charge in [-0.2, -0.15) is 5.26 Å². The quantitative estimate of drug-likeness (QED) is 0.162. The van der Waals surface area contributed by atoms with Crippen LogP contribution in [0.25, 0.3) is 33.5 Å². The lowest BCUT2D eigenvalue weighted by Crippen LogP contribution is -2.56. The Bertz CT molecular complexity index is 2500. The third kappa shape index (κ3) is 5.98. The van der Waals surface area contributed by atoms with Crippen molar-refractivity contribution < 1.29 is 0 Å². The zero-order valence-electron chi connectivity index (χ0n) is 32.0. The van der Waals surface area contributed by atoms with Gasteiger partial charge in [-0.05, 0) is 137 Å². The maximum Gasteiger partial charge on any atom is 0.0991 e. The zero-order valence-corrected chi connectivity index (χ0v) is 32.0. The number of hydrogen-bond donors (Lipinski definition) is 0. The fraction of sp³-hybridized carbons (Fsp3) is 0.222. The molecule has 0 N–H and O–H groups in total. The Labute approximate surface area is 331 Å². The first-order valence-electron chi connectivity index (χ1n) is 20.5. The standard InChI is InChI=1S/C54H46N2/c1-36-51(27-28-52(43-9-4-2-5-10-43)56-53(36)44-11-6-3-7-12-44)46-14-8-13-45(34-46)42-21-25-48(26-22-42)54(49-30-38-29-39(32-49)33-50(54)31-38)47-23-19-41(20-24-47)40-17-15-37(35-55)16-18-40/h2-27,34,38-39,49-50H,28-33H2,1H3. The molecule has 56 heavy (non-hydrogen) atoms. The molecule has 1 aliphatic heterocycles. The lowest BCUT2D eigenvalue weighted by Gasteiger charge is -2.62. The van der Waals surface area contributed by atoms with Crippen LogP contribution in [0.1, 0.15) is 78.8 Å². The Morgan fingerprint density at radius 2 is 1.02 bits per heavy atom. The van der Waals surface area contributed by atoms with Gasteiger partial charge in [0.2, 0.25) is 0 Å². The van der Waals surface area contributed by atoms with E-state index < -0.39 is 0 Å². The molecule has 4 bridgehead atoms. The third-order valence-corrected chi connectivity index (χ3v) is 13.7. The second-order valence-electron chi connectivity index (χ2n) is 16.7. The summed E-state index contributed by atoms with van der Waals surface area (Å²) in [5.41, 5.74) is 16.7. The normalized spacial score (nSPS) is 23.9. The molecule has 0 spiro atoms. The number of aliphatic imine (C=N–C) groups is 1. The van der Waals surface area contributed by atoms with Crippen molar-refractivity contribution >= 4 is 17.0 Å². The first-order chi connectivity index (χ1) is 27.6. The molecule has 11 rings (SSSR count). The van der Waals surface area contributed by atoms with Crippen molar-refractivity contribution in [3.63, 3.8) is 0 Å². The molecule has 4 fully saturated rings. The molecule has 4 saturated carbocycles. The Balaban J connectivity index is 1.00. The van der Waals surface area contributed by atoms with Crippen molar-refractivity contribution in [3.05, 3.63) is 203 Å². The summed E-state index contributed by atoms with van der Waals surface area (Å²) in [5, 5.41) is 9.31. The Morgan fingerprint density at radius 1 is 0.518 bits per heavy atom. The summed E-state index contributed by atoms with van der Waals surface area (Å²) in [4.78, 5) is 5.33. The van der Waals surface area contributed by atoms with E-state index in [1.54, 1.807) is 0 Å². The highest BCUT2D eigenvalue weighted by atomic mass is 14.8. The van der Waals surface area contributed by atoms with Gasteiger partial charge in [0.05, 0.1) is 23.0 Å². The van der Waals surface area contributed by atoms with Gasteiger partial charge in [0.15, 0.2) is 0 Å². The first kappa shape index (κ1) is 34.5. The number of nitriles is 1. The molecule has 5 aliphatic rings. The molecule has 0 aromatic heterocycles. The van der Waals surface area contributed by atoms with Crippen LogP contribution < -0.4 is 0 Å². The van der Waals surface area contributed by atoms with E-state index in [1.165, 1.54) is 82.2 Å². The lowest BCUT2D eigenvalue weighted by molar-refractivity contribution is -0.0418. The molecule has 0 saturated heterocycles. The van der Waals surface area contributed by atoms with Gasteiger partial charge in [0, 0.05) is 17.4 Å². The number of hydrogen-bond acceptors (Lipinski definition) is 2. The molecule has 4 aliphatic carbocycles. The van der Waals surface area contributed by atoms with E-state index in [-0.39, 0.29) is 5.41 Å². The maximum absolute atomic E-state index is 9.31. The molecule has 6 aromatic carbocycles. The van der Waals surface area contributed by atoms with Crippen LogP contribution in [-0.2, 0) is 5.41 Å². The van der Waals surface area contributed by atoms with Crippen molar-refractivity contribution in [1.29, 1.82) is 5.26 Å². The number of benzene rings is 6. The molecule has 0 atom stereocenters. The Kier molecular flexibility index (Phi) is 8.75. The molecular formula is C54H46N2. The van der Waals surface area contributed by atoms with E-state index in [2.05, 4.69) is 165 Å². The third-order valence-electron chi connectivity index (χ3n) is 13.7. The predicted octanol–water partition coefficient (Wildman–Crippen LogP) is 13.3. The molecule has 0 radical (unpaired) electrons. The average Bonchev–Trinajstić information content (AvgIpc) is 3.43. The van der Waals surface area contributed by atoms with E-state index in [0.29, 0.717) is 17.4 Å². The van der Waals surface area contributed by atoms with E-state index in [0.717, 1.165) is 40.8 Å². The van der Waals surface area contributed by atoms with E-state index in [1.807, 2.05) is 12.1 Å². The molecular weight excluding hydrogens is 677 g/mol. The second kappa shape index (κ2) is 14.2. The molecule has 1 heterocycles. The molecule has 6 aromatic rings. The van der Waals surface area contributed by atoms with Gasteiger partial charge in [-0.25, -0.2) is 0 Å². The van der Waals surface area contributed by atoms with Gasteiger partial charge >= 0.3 is 0 Å². The summed E-state index contributed by atoms with van der Waals surface area (Å²) >= 11 is 0. The highest BCUT2D eigenvalue weighted by Crippen LogP contribution is 2.65. The summed E-state index contributed by atoms with van der Waals surface area (Å²) in [6, 6.07) is 59.8. The second-order valence-corrected chi connectivity index (χ2v) is 16.7. The van der Waals surface area contributed by atoms with Crippen molar-refractivity contribution in [2.24, 2.45) is 28.7 Å². The van der Waals surface area contributed by atoms with E-state index in [4.69, 9.17) is 4.99 Å². The average molecular weight is 723 g/mol. The fourth-order valence-electron chi connectivity index (χ4n) is 11.3. The highest BCUT2D eigenvalue weighted by molar-refractivity contribution is 6.08. The van der Waals surface area contributed by atoms with Gasteiger partial charge in [-0.15, -0.1) is 0 Å². The summed E-state index contributed by atoms with van der Waals surface area (Å²) in [6.45, 7) is 2.23. The molecule has 2 heteroatoms. The topological polar surface area (TPSA) is 36.1 Å². The van der Waals surface area contributed by atoms with Crippen LogP contribution in [-0.4, -0.2) is 5.71 Å². The van der Waals surface area contributed by atoms with Gasteiger partial charge in [-0.3, -0.25) is 4.99 Å². The SMILES string of the molecule is CC1=C(c2ccccc2)N=C(c2ccccc2)CC=C1c1cccc(-c2ccc(C3(c4ccc(-c5ccc(C#N)cc5)cc4)C4CC5CC(C4)CC3C5)cc2)c1.